The highest BCUT2D eigenvalue weighted by atomic mass is 16.1. The molecule has 1 fully saturated rings. The third-order valence-corrected chi connectivity index (χ3v) is 5.16. The Hall–Kier alpha value is -2.66. The fourth-order valence-corrected chi connectivity index (χ4v) is 3.76. The molecule has 134 valence electrons. The van der Waals surface area contributed by atoms with Gasteiger partial charge >= 0.3 is 0 Å². The number of H-pyrrole nitrogens is 1. The van der Waals surface area contributed by atoms with Crippen molar-refractivity contribution in [1.82, 2.24) is 20.4 Å². The predicted octanol–water partition coefficient (Wildman–Crippen LogP) is 3.44. The van der Waals surface area contributed by atoms with Crippen LogP contribution < -0.4 is 5.32 Å². The Kier molecular flexibility index (Phi) is 4.71. The molecule has 5 nitrogen and oxygen atoms in total. The Morgan fingerprint density at radius 3 is 2.73 bits per heavy atom. The number of rotatable bonds is 5. The molecule has 0 radical (unpaired) electrons. The minimum absolute atomic E-state index is 0.123. The number of aromatic amines is 1. The molecule has 1 aromatic heterocycles. The van der Waals surface area contributed by atoms with E-state index in [1.807, 2.05) is 31.2 Å². The summed E-state index contributed by atoms with van der Waals surface area (Å²) in [7, 11) is 0. The minimum Gasteiger partial charge on any atom is -0.349 e. The highest BCUT2D eigenvalue weighted by Gasteiger charge is 2.24. The van der Waals surface area contributed by atoms with E-state index in [-0.39, 0.29) is 11.9 Å². The molecule has 4 rings (SSSR count). The Bertz CT molecular complexity index is 897. The highest BCUT2D eigenvalue weighted by Crippen LogP contribution is 2.25. The third kappa shape index (κ3) is 3.35. The molecule has 1 atom stereocenters. The van der Waals surface area contributed by atoms with Gasteiger partial charge in [0.15, 0.2) is 5.69 Å². The molecule has 2 heterocycles. The molecule has 1 saturated heterocycles. The van der Waals surface area contributed by atoms with Crippen molar-refractivity contribution >= 4 is 16.8 Å². The van der Waals surface area contributed by atoms with Gasteiger partial charge in [-0.1, -0.05) is 42.0 Å². The van der Waals surface area contributed by atoms with E-state index in [9.17, 15) is 4.79 Å². The molecule has 1 aliphatic heterocycles. The number of aromatic nitrogens is 2. The van der Waals surface area contributed by atoms with Crippen LogP contribution in [0.4, 0.5) is 0 Å². The molecule has 0 spiro atoms. The summed E-state index contributed by atoms with van der Waals surface area (Å²) in [5.41, 5.74) is 3.72. The predicted molar refractivity (Wildman–Crippen MR) is 103 cm³/mol. The van der Waals surface area contributed by atoms with Crippen LogP contribution in [0.2, 0.25) is 0 Å². The topological polar surface area (TPSA) is 61.0 Å². The van der Waals surface area contributed by atoms with Gasteiger partial charge in [0.2, 0.25) is 0 Å². The number of likely N-dealkylation sites (tertiary alicyclic amines) is 1. The van der Waals surface area contributed by atoms with Crippen molar-refractivity contribution < 1.29 is 4.79 Å². The standard InChI is InChI=1S/C21H24N4O/c1-15-9-10-18-17(13-15)20(24-23-18)21(26)22-14-19(25-11-5-6-12-25)16-7-3-2-4-8-16/h2-4,7-10,13,19H,5-6,11-12,14H2,1H3,(H,22,26)(H,23,24). The van der Waals surface area contributed by atoms with E-state index in [0.717, 1.165) is 29.6 Å². The normalized spacial score (nSPS) is 16.0. The van der Waals surface area contributed by atoms with Crippen molar-refractivity contribution in [2.45, 2.75) is 25.8 Å². The average molecular weight is 348 g/mol. The SMILES string of the molecule is Cc1ccc2[nH]nc(C(=O)NCC(c3ccccc3)N3CCCC3)c2c1. The van der Waals surface area contributed by atoms with Crippen LogP contribution in [0.25, 0.3) is 10.9 Å². The first kappa shape index (κ1) is 16.8. The molecule has 2 N–H and O–H groups in total. The lowest BCUT2D eigenvalue weighted by Gasteiger charge is -2.28. The lowest BCUT2D eigenvalue weighted by molar-refractivity contribution is 0.0934. The highest BCUT2D eigenvalue weighted by molar-refractivity contribution is 6.04. The fraction of sp³-hybridized carbons (Fsp3) is 0.333. The maximum absolute atomic E-state index is 12.8. The van der Waals surface area contributed by atoms with Crippen LogP contribution in [0.15, 0.2) is 48.5 Å². The van der Waals surface area contributed by atoms with E-state index in [0.29, 0.717) is 12.2 Å². The summed E-state index contributed by atoms with van der Waals surface area (Å²) in [5.74, 6) is -0.123. The summed E-state index contributed by atoms with van der Waals surface area (Å²) < 4.78 is 0. The van der Waals surface area contributed by atoms with E-state index in [1.54, 1.807) is 0 Å². The molecular weight excluding hydrogens is 324 g/mol. The van der Waals surface area contributed by atoms with Crippen LogP contribution >= 0.6 is 0 Å². The van der Waals surface area contributed by atoms with E-state index < -0.39 is 0 Å². The van der Waals surface area contributed by atoms with Crippen LogP contribution in [0.5, 0.6) is 0 Å². The summed E-state index contributed by atoms with van der Waals surface area (Å²) in [4.78, 5) is 15.2. The molecule has 1 amide bonds. The van der Waals surface area contributed by atoms with Crippen molar-refractivity contribution in [3.8, 4) is 0 Å². The number of aryl methyl sites for hydroxylation is 1. The first-order chi connectivity index (χ1) is 12.7. The van der Waals surface area contributed by atoms with Gasteiger partial charge < -0.3 is 5.32 Å². The van der Waals surface area contributed by atoms with Gasteiger partial charge in [-0.2, -0.15) is 5.10 Å². The second kappa shape index (κ2) is 7.30. The van der Waals surface area contributed by atoms with E-state index in [2.05, 4.69) is 44.7 Å². The Balaban J connectivity index is 1.53. The maximum Gasteiger partial charge on any atom is 0.272 e. The number of amides is 1. The summed E-state index contributed by atoms with van der Waals surface area (Å²) in [6.45, 7) is 4.77. The zero-order valence-electron chi connectivity index (χ0n) is 15.0. The van der Waals surface area contributed by atoms with Gasteiger partial charge in [0, 0.05) is 11.9 Å². The number of nitrogens with one attached hydrogen (secondary N) is 2. The summed E-state index contributed by atoms with van der Waals surface area (Å²) in [5, 5.41) is 11.2. The Morgan fingerprint density at radius 1 is 1.19 bits per heavy atom. The molecule has 0 aliphatic carbocycles. The van der Waals surface area contributed by atoms with E-state index >= 15 is 0 Å². The average Bonchev–Trinajstić information content (AvgIpc) is 3.32. The maximum atomic E-state index is 12.8. The third-order valence-electron chi connectivity index (χ3n) is 5.16. The number of hydrogen-bond acceptors (Lipinski definition) is 3. The van der Waals surface area contributed by atoms with Crippen molar-refractivity contribution in [2.75, 3.05) is 19.6 Å². The first-order valence-corrected chi connectivity index (χ1v) is 9.24. The van der Waals surface area contributed by atoms with Gasteiger partial charge in [-0.05, 0) is 50.6 Å². The van der Waals surface area contributed by atoms with Crippen LogP contribution in [-0.2, 0) is 0 Å². The molecule has 0 bridgehead atoms. The lowest BCUT2D eigenvalue weighted by atomic mass is 10.1. The molecule has 1 unspecified atom stereocenters. The number of carbonyl (C=O) groups is 1. The number of carbonyl (C=O) groups excluding carboxylic acids is 1. The minimum atomic E-state index is -0.123. The van der Waals surface area contributed by atoms with Crippen LogP contribution in [0.3, 0.4) is 0 Å². The zero-order chi connectivity index (χ0) is 17.9. The van der Waals surface area contributed by atoms with Crippen molar-refractivity contribution in [3.05, 3.63) is 65.4 Å². The van der Waals surface area contributed by atoms with Crippen molar-refractivity contribution in [1.29, 1.82) is 0 Å². The number of hydrogen-bond donors (Lipinski definition) is 2. The van der Waals surface area contributed by atoms with Gasteiger partial charge in [-0.25, -0.2) is 0 Å². The molecule has 5 heteroatoms. The first-order valence-electron chi connectivity index (χ1n) is 9.24. The molecule has 1 aliphatic rings. The van der Waals surface area contributed by atoms with E-state index in [4.69, 9.17) is 0 Å². The van der Waals surface area contributed by atoms with Gasteiger partial charge in [0.25, 0.3) is 5.91 Å². The molecule has 0 saturated carbocycles. The van der Waals surface area contributed by atoms with Crippen molar-refractivity contribution in [2.24, 2.45) is 0 Å². The Labute approximate surface area is 153 Å². The largest absolute Gasteiger partial charge is 0.349 e. The van der Waals surface area contributed by atoms with Gasteiger partial charge in [0.05, 0.1) is 11.6 Å². The van der Waals surface area contributed by atoms with E-state index in [1.165, 1.54) is 18.4 Å². The van der Waals surface area contributed by atoms with Crippen LogP contribution in [0, 0.1) is 6.92 Å². The molecular formula is C21H24N4O. The lowest BCUT2D eigenvalue weighted by Crippen LogP contribution is -2.37. The zero-order valence-corrected chi connectivity index (χ0v) is 15.0. The fourth-order valence-electron chi connectivity index (χ4n) is 3.76. The summed E-state index contributed by atoms with van der Waals surface area (Å²) >= 11 is 0. The molecule has 2 aromatic carbocycles. The second-order valence-electron chi connectivity index (χ2n) is 7.00. The quantitative estimate of drug-likeness (QED) is 0.742. The van der Waals surface area contributed by atoms with Gasteiger partial charge in [0.1, 0.15) is 0 Å². The second-order valence-corrected chi connectivity index (χ2v) is 7.00. The van der Waals surface area contributed by atoms with Crippen LogP contribution in [-0.4, -0.2) is 40.6 Å². The Morgan fingerprint density at radius 2 is 1.96 bits per heavy atom. The molecule has 26 heavy (non-hydrogen) atoms. The summed E-state index contributed by atoms with van der Waals surface area (Å²) in [6.07, 6.45) is 2.45. The van der Waals surface area contributed by atoms with Crippen molar-refractivity contribution in [3.63, 3.8) is 0 Å². The number of fused-ring (bicyclic) bond motifs is 1. The van der Waals surface area contributed by atoms with Gasteiger partial charge in [-0.15, -0.1) is 0 Å². The van der Waals surface area contributed by atoms with Gasteiger partial charge in [-0.3, -0.25) is 14.8 Å². The smallest absolute Gasteiger partial charge is 0.272 e. The molecule has 3 aromatic rings. The monoisotopic (exact) mass is 348 g/mol. The number of nitrogens with zero attached hydrogens (tertiary/aromatic N) is 2. The summed E-state index contributed by atoms with van der Waals surface area (Å²) in [6, 6.07) is 16.6. The number of benzene rings is 2. The van der Waals surface area contributed by atoms with Crippen LogP contribution in [0.1, 0.15) is 40.5 Å².